The molecule has 114 valence electrons. The second-order valence-electron chi connectivity index (χ2n) is 4.62. The number of hydrogen-bond donors (Lipinski definition) is 0. The molecule has 0 atom stereocenters. The number of hydrogen-bond acceptors (Lipinski definition) is 7. The van der Waals surface area contributed by atoms with Crippen LogP contribution in [0.15, 0.2) is 28.9 Å². The van der Waals surface area contributed by atoms with Crippen LogP contribution < -0.4 is 9.47 Å². The predicted molar refractivity (Wildman–Crippen MR) is 76.7 cm³/mol. The molecular formula is C14H15N5O3. The lowest BCUT2D eigenvalue weighted by molar-refractivity contribution is 0.355. The summed E-state index contributed by atoms with van der Waals surface area (Å²) in [6.45, 7) is 2.30. The van der Waals surface area contributed by atoms with E-state index in [4.69, 9.17) is 14.0 Å². The van der Waals surface area contributed by atoms with Gasteiger partial charge in [-0.2, -0.15) is 4.80 Å². The summed E-state index contributed by atoms with van der Waals surface area (Å²) in [6, 6.07) is 5.47. The third-order valence-corrected chi connectivity index (χ3v) is 3.26. The highest BCUT2D eigenvalue weighted by atomic mass is 16.5. The van der Waals surface area contributed by atoms with Crippen LogP contribution in [0.3, 0.4) is 0 Å². The Balaban J connectivity index is 1.86. The van der Waals surface area contributed by atoms with Crippen molar-refractivity contribution in [1.82, 2.24) is 25.4 Å². The lowest BCUT2D eigenvalue weighted by Gasteiger charge is -2.07. The third kappa shape index (κ3) is 2.62. The number of tetrazole rings is 1. The summed E-state index contributed by atoms with van der Waals surface area (Å²) >= 11 is 0. The quantitative estimate of drug-likeness (QED) is 0.708. The number of methoxy groups -OCH3 is 2. The first-order chi connectivity index (χ1) is 10.7. The standard InChI is InChI=1S/C14H15N5O3/c1-9-11(7-15-22-9)8-19-17-14(16-18-19)10-4-5-12(20-2)13(6-10)21-3/h4-7H,8H2,1-3H3. The molecule has 8 heteroatoms. The molecule has 22 heavy (non-hydrogen) atoms. The average Bonchev–Trinajstić information content (AvgIpc) is 3.17. The lowest BCUT2D eigenvalue weighted by atomic mass is 10.2. The van der Waals surface area contributed by atoms with E-state index in [1.54, 1.807) is 26.5 Å². The molecule has 0 radical (unpaired) electrons. The molecule has 0 saturated carbocycles. The van der Waals surface area contributed by atoms with E-state index < -0.39 is 0 Å². The van der Waals surface area contributed by atoms with E-state index in [-0.39, 0.29) is 0 Å². The summed E-state index contributed by atoms with van der Waals surface area (Å²) < 4.78 is 15.5. The van der Waals surface area contributed by atoms with Gasteiger partial charge in [-0.15, -0.1) is 10.2 Å². The van der Waals surface area contributed by atoms with E-state index in [0.717, 1.165) is 16.9 Å². The van der Waals surface area contributed by atoms with E-state index in [0.29, 0.717) is 23.9 Å². The molecule has 3 aromatic rings. The van der Waals surface area contributed by atoms with Crippen molar-refractivity contribution in [2.45, 2.75) is 13.5 Å². The predicted octanol–water partition coefficient (Wildman–Crippen LogP) is 1.70. The Bertz CT molecular complexity index is 780. The first-order valence-electron chi connectivity index (χ1n) is 6.61. The maximum absolute atomic E-state index is 5.28. The first kappa shape index (κ1) is 14.1. The Kier molecular flexibility index (Phi) is 3.73. The second kappa shape index (κ2) is 5.84. The van der Waals surface area contributed by atoms with Crippen molar-refractivity contribution in [3.8, 4) is 22.9 Å². The van der Waals surface area contributed by atoms with Crippen LogP contribution in [0.1, 0.15) is 11.3 Å². The minimum absolute atomic E-state index is 0.454. The number of aromatic nitrogens is 5. The Morgan fingerprint density at radius 3 is 2.68 bits per heavy atom. The van der Waals surface area contributed by atoms with Crippen LogP contribution >= 0.6 is 0 Å². The number of benzene rings is 1. The molecular weight excluding hydrogens is 286 g/mol. The largest absolute Gasteiger partial charge is 0.493 e. The normalized spacial score (nSPS) is 10.7. The summed E-state index contributed by atoms with van der Waals surface area (Å²) in [4.78, 5) is 1.49. The zero-order valence-corrected chi connectivity index (χ0v) is 12.5. The average molecular weight is 301 g/mol. The summed E-state index contributed by atoms with van der Waals surface area (Å²) in [5.74, 6) is 2.52. The Labute approximate surface area is 126 Å². The van der Waals surface area contributed by atoms with Crippen LogP contribution in [0, 0.1) is 6.92 Å². The molecule has 0 amide bonds. The Morgan fingerprint density at radius 2 is 2.00 bits per heavy atom. The molecule has 0 aliphatic rings. The first-order valence-corrected chi connectivity index (χ1v) is 6.61. The topological polar surface area (TPSA) is 88.1 Å². The molecule has 2 aromatic heterocycles. The number of ether oxygens (including phenoxy) is 2. The summed E-state index contributed by atoms with van der Waals surface area (Å²) in [7, 11) is 3.17. The highest BCUT2D eigenvalue weighted by Gasteiger charge is 2.12. The van der Waals surface area contributed by atoms with Gasteiger partial charge in [0.05, 0.1) is 27.0 Å². The lowest BCUT2D eigenvalue weighted by Crippen LogP contribution is -2.04. The number of aryl methyl sites for hydroxylation is 1. The van der Waals surface area contributed by atoms with Gasteiger partial charge in [-0.3, -0.25) is 0 Å². The molecule has 0 aliphatic carbocycles. The van der Waals surface area contributed by atoms with Crippen molar-refractivity contribution in [3.63, 3.8) is 0 Å². The molecule has 1 aromatic carbocycles. The van der Waals surface area contributed by atoms with Gasteiger partial charge in [-0.05, 0) is 30.3 Å². The van der Waals surface area contributed by atoms with Crippen LogP contribution in [0.25, 0.3) is 11.4 Å². The fourth-order valence-electron chi connectivity index (χ4n) is 2.02. The smallest absolute Gasteiger partial charge is 0.205 e. The van der Waals surface area contributed by atoms with E-state index >= 15 is 0 Å². The van der Waals surface area contributed by atoms with Crippen LogP contribution in [-0.2, 0) is 6.54 Å². The van der Waals surface area contributed by atoms with Gasteiger partial charge in [-0.1, -0.05) is 5.16 Å². The Morgan fingerprint density at radius 1 is 1.18 bits per heavy atom. The zero-order chi connectivity index (χ0) is 15.5. The summed E-state index contributed by atoms with van der Waals surface area (Å²) in [6.07, 6.45) is 1.65. The van der Waals surface area contributed by atoms with Crippen molar-refractivity contribution in [1.29, 1.82) is 0 Å². The van der Waals surface area contributed by atoms with Gasteiger partial charge in [0, 0.05) is 11.1 Å². The van der Waals surface area contributed by atoms with Crippen molar-refractivity contribution in [3.05, 3.63) is 35.7 Å². The van der Waals surface area contributed by atoms with Crippen molar-refractivity contribution >= 4 is 0 Å². The molecule has 0 N–H and O–H groups in total. The molecule has 2 heterocycles. The maximum atomic E-state index is 5.28. The molecule has 3 rings (SSSR count). The maximum Gasteiger partial charge on any atom is 0.205 e. The van der Waals surface area contributed by atoms with E-state index in [1.807, 2.05) is 19.1 Å². The molecule has 0 fully saturated rings. The zero-order valence-electron chi connectivity index (χ0n) is 12.5. The van der Waals surface area contributed by atoms with Gasteiger partial charge in [-0.25, -0.2) is 0 Å². The summed E-state index contributed by atoms with van der Waals surface area (Å²) in [5, 5.41) is 16.2. The van der Waals surface area contributed by atoms with E-state index in [2.05, 4.69) is 20.6 Å². The molecule has 0 unspecified atom stereocenters. The second-order valence-corrected chi connectivity index (χ2v) is 4.62. The minimum Gasteiger partial charge on any atom is -0.493 e. The van der Waals surface area contributed by atoms with Crippen LogP contribution in [-0.4, -0.2) is 39.6 Å². The third-order valence-electron chi connectivity index (χ3n) is 3.26. The number of rotatable bonds is 5. The van der Waals surface area contributed by atoms with Crippen molar-refractivity contribution < 1.29 is 14.0 Å². The van der Waals surface area contributed by atoms with Crippen molar-refractivity contribution in [2.24, 2.45) is 0 Å². The number of nitrogens with zero attached hydrogens (tertiary/aromatic N) is 5. The van der Waals surface area contributed by atoms with Crippen LogP contribution in [0.5, 0.6) is 11.5 Å². The van der Waals surface area contributed by atoms with Crippen LogP contribution in [0.2, 0.25) is 0 Å². The van der Waals surface area contributed by atoms with Gasteiger partial charge in [0.1, 0.15) is 5.76 Å². The van der Waals surface area contributed by atoms with Gasteiger partial charge in [0.2, 0.25) is 5.82 Å². The van der Waals surface area contributed by atoms with E-state index in [9.17, 15) is 0 Å². The van der Waals surface area contributed by atoms with E-state index in [1.165, 1.54) is 4.80 Å². The van der Waals surface area contributed by atoms with Crippen molar-refractivity contribution in [2.75, 3.05) is 14.2 Å². The van der Waals surface area contributed by atoms with Gasteiger partial charge in [0.15, 0.2) is 11.5 Å². The highest BCUT2D eigenvalue weighted by Crippen LogP contribution is 2.30. The fourth-order valence-corrected chi connectivity index (χ4v) is 2.02. The molecule has 8 nitrogen and oxygen atoms in total. The van der Waals surface area contributed by atoms with Gasteiger partial charge in [0.25, 0.3) is 0 Å². The van der Waals surface area contributed by atoms with Gasteiger partial charge >= 0.3 is 0 Å². The van der Waals surface area contributed by atoms with Crippen LogP contribution in [0.4, 0.5) is 0 Å². The Hall–Kier alpha value is -2.90. The summed E-state index contributed by atoms with van der Waals surface area (Å²) in [5.41, 5.74) is 1.71. The highest BCUT2D eigenvalue weighted by molar-refractivity contribution is 5.60. The minimum atomic E-state index is 0.454. The van der Waals surface area contributed by atoms with Gasteiger partial charge < -0.3 is 14.0 Å². The fraction of sp³-hybridized carbons (Fsp3) is 0.286. The molecule has 0 bridgehead atoms. The molecule has 0 spiro atoms. The monoisotopic (exact) mass is 301 g/mol. The molecule has 0 aliphatic heterocycles. The SMILES string of the molecule is COc1ccc(-c2nnn(Cc3cnoc3C)n2)cc1OC. The molecule has 0 saturated heterocycles.